The predicted molar refractivity (Wildman–Crippen MR) is 405 cm³/mol. The zero-order valence-electron chi connectivity index (χ0n) is 56.1. The highest BCUT2D eigenvalue weighted by Gasteiger charge is 2.46. The van der Waals surface area contributed by atoms with E-state index in [4.69, 9.17) is 8.83 Å². The Labute approximate surface area is 554 Å². The average molecular weight is 1250 g/mol. The number of thiophene rings is 2. The molecule has 4 nitrogen and oxygen atoms in total. The van der Waals surface area contributed by atoms with Gasteiger partial charge in [-0.15, -0.1) is 22.7 Å². The number of hydrogen-bond donors (Lipinski definition) is 0. The first-order chi connectivity index (χ1) is 44.2. The fourth-order valence-electron chi connectivity index (χ4n) is 15.0. The van der Waals surface area contributed by atoms with Gasteiger partial charge in [-0.25, -0.2) is 0 Å². The number of fused-ring (bicyclic) bond motifs is 16. The van der Waals surface area contributed by atoms with Crippen LogP contribution in [0.5, 0.6) is 0 Å². The second-order valence-electron chi connectivity index (χ2n) is 31.8. The quantitative estimate of drug-likeness (QED) is 0.164. The van der Waals surface area contributed by atoms with Gasteiger partial charge in [0.1, 0.15) is 22.3 Å². The maximum Gasteiger partial charge on any atom is 0.252 e. The molecule has 2 aliphatic rings. The van der Waals surface area contributed by atoms with Gasteiger partial charge in [0.25, 0.3) is 6.71 Å². The van der Waals surface area contributed by atoms with Crippen molar-refractivity contribution in [2.75, 3.05) is 9.80 Å². The molecule has 0 aliphatic carbocycles. The van der Waals surface area contributed by atoms with Gasteiger partial charge in [0.15, 0.2) is 0 Å². The van der Waals surface area contributed by atoms with E-state index in [1.165, 1.54) is 130 Å². The third-order valence-electron chi connectivity index (χ3n) is 20.4. The number of benzene rings is 11. The molecule has 0 saturated carbocycles. The molecule has 0 unspecified atom stereocenters. The minimum Gasteiger partial charge on any atom is -0.456 e. The van der Waals surface area contributed by atoms with Gasteiger partial charge in [0.2, 0.25) is 0 Å². The highest BCUT2D eigenvalue weighted by molar-refractivity contribution is 7.26. The molecule has 0 spiro atoms. The molecule has 0 fully saturated rings. The maximum atomic E-state index is 6.63. The summed E-state index contributed by atoms with van der Waals surface area (Å²) >= 11 is 3.76. The molecular formula is C86H77BN2O2S2. The first-order valence-electron chi connectivity index (χ1n) is 33.1. The second-order valence-corrected chi connectivity index (χ2v) is 34.0. The topological polar surface area (TPSA) is 32.8 Å². The first kappa shape index (κ1) is 58.0. The molecule has 2 aliphatic heterocycles. The van der Waals surface area contributed by atoms with Crippen LogP contribution in [0.4, 0.5) is 34.1 Å². The molecule has 0 N–H and O–H groups in total. The summed E-state index contributed by atoms with van der Waals surface area (Å²) in [5.41, 5.74) is 25.5. The highest BCUT2D eigenvalue weighted by Crippen LogP contribution is 2.54. The lowest BCUT2D eigenvalue weighted by molar-refractivity contribution is 0.568. The van der Waals surface area contributed by atoms with E-state index in [1.807, 2.05) is 22.7 Å². The third kappa shape index (κ3) is 9.10. The molecule has 11 aromatic carbocycles. The number of furan rings is 2. The van der Waals surface area contributed by atoms with E-state index in [0.717, 1.165) is 55.3 Å². The Morgan fingerprint density at radius 1 is 0.280 bits per heavy atom. The summed E-state index contributed by atoms with van der Waals surface area (Å²) in [6.07, 6.45) is 0. The minimum atomic E-state index is -0.248. The van der Waals surface area contributed by atoms with Crippen LogP contribution in [0.3, 0.4) is 0 Å². The number of nitrogens with zero attached hydrogens (tertiary/aromatic N) is 2. The van der Waals surface area contributed by atoms with Gasteiger partial charge in [-0.1, -0.05) is 213 Å². The standard InChI is InChI=1S/C86H77BN2O2S2/c1-82(2,3)50-32-48(33-51(36-50)83(4,5)6)55-24-16-20-28-67(55)88-69-42-63-61-40-59-57-26-18-22-30-73(57)90-75(59)46-79(61)92-77(63)44-65(69)87-66-45-78-64(62-41-60-58-27-19-23-31-74(58)91-76(60)47-80(62)93-78)43-70(66)89(72-39-54(86(13,14)15)38-71(88)81(72)87)68-29-21-17-25-56(68)49-34-52(84(7,8)9)37-53(35-49)85(10,11)12/h16-47H,1-15H3. The SMILES string of the molecule is CC(C)(C)c1cc(-c2ccccc2N2c3cc4c(cc3B3c5cc6sc7cc8oc9ccccc9c8cc7c6cc5N(c5ccccc5-c5cc(C(C)(C)C)cc(C(C)(C)C)c5)c5cc(C(C)(C)C)cc2c53)sc2cc3oc5ccccc5c3cc24)cc(C(C)(C)C)c1. The molecule has 0 radical (unpaired) electrons. The molecule has 17 rings (SSSR count). The van der Waals surface area contributed by atoms with E-state index in [9.17, 15) is 0 Å². The molecule has 93 heavy (non-hydrogen) atoms. The van der Waals surface area contributed by atoms with Crippen LogP contribution in [0.25, 0.3) is 106 Å². The lowest BCUT2D eigenvalue weighted by atomic mass is 9.33. The molecule has 0 amide bonds. The van der Waals surface area contributed by atoms with Crippen molar-refractivity contribution >= 4 is 164 Å². The van der Waals surface area contributed by atoms with E-state index in [0.29, 0.717) is 0 Å². The Morgan fingerprint density at radius 3 is 1.00 bits per heavy atom. The number of hydrogen-bond acceptors (Lipinski definition) is 6. The van der Waals surface area contributed by atoms with Crippen molar-refractivity contribution in [1.29, 1.82) is 0 Å². The lowest BCUT2D eigenvalue weighted by Gasteiger charge is -2.46. The zero-order valence-corrected chi connectivity index (χ0v) is 57.7. The number of rotatable bonds is 4. The Morgan fingerprint density at radius 2 is 0.613 bits per heavy atom. The third-order valence-corrected chi connectivity index (χ3v) is 22.6. The van der Waals surface area contributed by atoms with Gasteiger partial charge in [0.05, 0.1) is 11.4 Å². The average Bonchev–Trinajstić information content (AvgIpc) is 1.62. The van der Waals surface area contributed by atoms with E-state index >= 15 is 0 Å². The van der Waals surface area contributed by atoms with E-state index in [-0.39, 0.29) is 33.8 Å². The Bertz CT molecular complexity index is 5290. The van der Waals surface area contributed by atoms with Crippen LogP contribution in [-0.2, 0) is 27.1 Å². The van der Waals surface area contributed by atoms with E-state index < -0.39 is 0 Å². The fourth-order valence-corrected chi connectivity index (χ4v) is 17.3. The van der Waals surface area contributed by atoms with Crippen molar-refractivity contribution in [3.63, 3.8) is 0 Å². The van der Waals surface area contributed by atoms with Gasteiger partial charge in [-0.3, -0.25) is 0 Å². The summed E-state index contributed by atoms with van der Waals surface area (Å²) in [6.45, 7) is 35.3. The monoisotopic (exact) mass is 1240 g/mol. The molecule has 15 aromatic rings. The zero-order chi connectivity index (χ0) is 64.3. The molecule has 6 heterocycles. The Balaban J connectivity index is 1.02. The van der Waals surface area contributed by atoms with Crippen molar-refractivity contribution in [2.45, 2.75) is 131 Å². The summed E-state index contributed by atoms with van der Waals surface area (Å²) < 4.78 is 18.2. The van der Waals surface area contributed by atoms with Crippen molar-refractivity contribution < 1.29 is 8.83 Å². The van der Waals surface area contributed by atoms with Crippen molar-refractivity contribution in [1.82, 2.24) is 0 Å². The highest BCUT2D eigenvalue weighted by atomic mass is 32.1. The fraction of sp³-hybridized carbons (Fsp3) is 0.233. The summed E-state index contributed by atoms with van der Waals surface area (Å²) in [6, 6.07) is 75.2. The smallest absolute Gasteiger partial charge is 0.252 e. The van der Waals surface area contributed by atoms with Crippen LogP contribution in [0.1, 0.15) is 132 Å². The van der Waals surface area contributed by atoms with Gasteiger partial charge in [0, 0.05) is 95.8 Å². The largest absolute Gasteiger partial charge is 0.456 e. The van der Waals surface area contributed by atoms with Gasteiger partial charge in [-0.05, 0) is 167 Å². The predicted octanol–water partition coefficient (Wildman–Crippen LogP) is 24.1. The summed E-state index contributed by atoms with van der Waals surface area (Å²) in [4.78, 5) is 5.39. The molecule has 7 heteroatoms. The first-order valence-corrected chi connectivity index (χ1v) is 34.8. The molecule has 0 atom stereocenters. The van der Waals surface area contributed by atoms with Gasteiger partial charge < -0.3 is 18.6 Å². The molecule has 0 saturated heterocycles. The summed E-state index contributed by atoms with van der Waals surface area (Å²) in [5.74, 6) is 0. The maximum absolute atomic E-state index is 6.63. The lowest BCUT2D eigenvalue weighted by Crippen LogP contribution is -2.61. The second kappa shape index (κ2) is 19.8. The van der Waals surface area contributed by atoms with Crippen molar-refractivity contribution in [3.05, 3.63) is 222 Å². The Kier molecular flexibility index (Phi) is 12.4. The molecule has 0 bridgehead atoms. The summed E-state index contributed by atoms with van der Waals surface area (Å²) in [5, 5.41) is 9.56. The normalized spacial score (nSPS) is 13.9. The van der Waals surface area contributed by atoms with Crippen molar-refractivity contribution in [2.24, 2.45) is 0 Å². The van der Waals surface area contributed by atoms with Crippen LogP contribution in [0.2, 0.25) is 0 Å². The van der Waals surface area contributed by atoms with E-state index in [2.05, 4.69) is 308 Å². The molecular weight excluding hydrogens is 1170 g/mol. The molecule has 4 aromatic heterocycles. The van der Waals surface area contributed by atoms with Crippen LogP contribution in [0, 0.1) is 0 Å². The van der Waals surface area contributed by atoms with Crippen LogP contribution >= 0.6 is 22.7 Å². The van der Waals surface area contributed by atoms with Crippen LogP contribution < -0.4 is 26.2 Å². The van der Waals surface area contributed by atoms with Crippen LogP contribution in [0.15, 0.2) is 203 Å². The van der Waals surface area contributed by atoms with Gasteiger partial charge in [-0.2, -0.15) is 0 Å². The van der Waals surface area contributed by atoms with Crippen molar-refractivity contribution in [3.8, 4) is 22.3 Å². The number of anilines is 6. The molecule has 458 valence electrons. The van der Waals surface area contributed by atoms with E-state index in [1.54, 1.807) is 0 Å². The van der Waals surface area contributed by atoms with Crippen LogP contribution in [-0.4, -0.2) is 6.71 Å². The van der Waals surface area contributed by atoms with Gasteiger partial charge >= 0.3 is 0 Å². The number of para-hydroxylation sites is 4. The summed E-state index contributed by atoms with van der Waals surface area (Å²) in [7, 11) is 0. The minimum absolute atomic E-state index is 0.0814. The Hall–Kier alpha value is -8.88.